The molecule has 1 fully saturated rings. The van der Waals surface area contributed by atoms with Crippen molar-refractivity contribution in [2.45, 2.75) is 31.6 Å². The summed E-state index contributed by atoms with van der Waals surface area (Å²) in [6, 6.07) is 8.05. The van der Waals surface area contributed by atoms with Gasteiger partial charge in [0.2, 0.25) is 0 Å². The molecular weight excluding hydrogens is 230 g/mol. The van der Waals surface area contributed by atoms with Crippen molar-refractivity contribution < 1.29 is 14.2 Å². The molecule has 0 aliphatic heterocycles. The van der Waals surface area contributed by atoms with E-state index in [9.17, 15) is 0 Å². The fourth-order valence-electron chi connectivity index (χ4n) is 2.08. The van der Waals surface area contributed by atoms with Crippen LogP contribution in [0.3, 0.4) is 0 Å². The lowest BCUT2D eigenvalue weighted by molar-refractivity contribution is -0.107. The maximum absolute atomic E-state index is 5.95. The van der Waals surface area contributed by atoms with Gasteiger partial charge in [-0.25, -0.2) is 0 Å². The van der Waals surface area contributed by atoms with E-state index in [0.29, 0.717) is 13.2 Å². The number of hydrogen-bond donors (Lipinski definition) is 1. The molecule has 4 heteroatoms. The van der Waals surface area contributed by atoms with Crippen LogP contribution in [0.15, 0.2) is 24.3 Å². The Kier molecular flexibility index (Phi) is 4.58. The number of hydrogen-bond acceptors (Lipinski definition) is 4. The van der Waals surface area contributed by atoms with Gasteiger partial charge in [-0.3, -0.25) is 0 Å². The molecule has 0 amide bonds. The second-order valence-electron chi connectivity index (χ2n) is 4.65. The second kappa shape index (κ2) is 6.18. The van der Waals surface area contributed by atoms with Gasteiger partial charge >= 0.3 is 0 Å². The molecule has 0 saturated heterocycles. The van der Waals surface area contributed by atoms with Crippen LogP contribution < -0.4 is 10.5 Å². The van der Waals surface area contributed by atoms with Gasteiger partial charge in [-0.1, -0.05) is 18.2 Å². The molecular formula is C14H21NO3. The normalized spacial score (nSPS) is 26.7. The molecule has 1 aliphatic carbocycles. The summed E-state index contributed by atoms with van der Waals surface area (Å²) in [5, 5.41) is 0. The van der Waals surface area contributed by atoms with Crippen molar-refractivity contribution in [3.05, 3.63) is 29.8 Å². The first kappa shape index (κ1) is 13.3. The van der Waals surface area contributed by atoms with Crippen LogP contribution in [0.25, 0.3) is 0 Å². The average Bonchev–Trinajstić information content (AvgIpc) is 2.36. The second-order valence-corrected chi connectivity index (χ2v) is 4.65. The van der Waals surface area contributed by atoms with E-state index in [1.54, 1.807) is 7.11 Å². The van der Waals surface area contributed by atoms with Crippen LogP contribution in [0, 0.1) is 6.92 Å². The molecule has 1 saturated carbocycles. The van der Waals surface area contributed by atoms with Crippen LogP contribution in [-0.2, 0) is 9.47 Å². The molecule has 0 aromatic heterocycles. The molecule has 18 heavy (non-hydrogen) atoms. The first-order valence-corrected chi connectivity index (χ1v) is 6.30. The number of ether oxygens (including phenoxy) is 3. The van der Waals surface area contributed by atoms with Gasteiger partial charge in [-0.2, -0.15) is 0 Å². The summed E-state index contributed by atoms with van der Waals surface area (Å²) in [7, 11) is 1.66. The summed E-state index contributed by atoms with van der Waals surface area (Å²) in [4.78, 5) is 0. The van der Waals surface area contributed by atoms with E-state index >= 15 is 0 Å². The Bertz CT molecular complexity index is 383. The molecule has 3 atom stereocenters. The topological polar surface area (TPSA) is 53.7 Å². The minimum Gasteiger partial charge on any atom is -0.487 e. The van der Waals surface area contributed by atoms with Crippen LogP contribution in [0.4, 0.5) is 0 Å². The molecule has 3 unspecified atom stereocenters. The summed E-state index contributed by atoms with van der Waals surface area (Å²) in [6.07, 6.45) is 0.865. The maximum atomic E-state index is 5.95. The van der Waals surface area contributed by atoms with Crippen molar-refractivity contribution >= 4 is 0 Å². The summed E-state index contributed by atoms with van der Waals surface area (Å²) < 4.78 is 16.6. The number of nitrogens with two attached hydrogens (primary N) is 1. The number of para-hydroxylation sites is 1. The predicted molar refractivity (Wildman–Crippen MR) is 69.8 cm³/mol. The van der Waals surface area contributed by atoms with Crippen molar-refractivity contribution in [2.24, 2.45) is 5.73 Å². The van der Waals surface area contributed by atoms with E-state index in [-0.39, 0.29) is 18.2 Å². The highest BCUT2D eigenvalue weighted by Crippen LogP contribution is 2.29. The molecule has 2 rings (SSSR count). The van der Waals surface area contributed by atoms with E-state index in [0.717, 1.165) is 17.7 Å². The van der Waals surface area contributed by atoms with Crippen molar-refractivity contribution in [1.29, 1.82) is 0 Å². The molecule has 100 valence electrons. The molecule has 0 bridgehead atoms. The van der Waals surface area contributed by atoms with Crippen LogP contribution in [0.5, 0.6) is 5.75 Å². The third-order valence-corrected chi connectivity index (χ3v) is 3.26. The smallest absolute Gasteiger partial charge is 0.128 e. The van der Waals surface area contributed by atoms with Gasteiger partial charge in [-0.05, 0) is 18.6 Å². The molecule has 0 heterocycles. The van der Waals surface area contributed by atoms with Crippen LogP contribution in [-0.4, -0.2) is 38.6 Å². The van der Waals surface area contributed by atoms with E-state index in [1.165, 1.54) is 0 Å². The minimum absolute atomic E-state index is 0.0280. The summed E-state index contributed by atoms with van der Waals surface area (Å²) in [5.41, 5.74) is 7.07. The summed E-state index contributed by atoms with van der Waals surface area (Å²) in [5.74, 6) is 0.912. The molecule has 0 spiro atoms. The zero-order valence-corrected chi connectivity index (χ0v) is 11.0. The Labute approximate surface area is 108 Å². The molecule has 0 radical (unpaired) electrons. The largest absolute Gasteiger partial charge is 0.487 e. The first-order chi connectivity index (χ1) is 8.72. The third kappa shape index (κ3) is 3.02. The molecule has 1 aromatic rings. The third-order valence-electron chi connectivity index (χ3n) is 3.26. The highest BCUT2D eigenvalue weighted by atomic mass is 16.6. The van der Waals surface area contributed by atoms with Gasteiger partial charge in [0.15, 0.2) is 0 Å². The number of benzene rings is 1. The molecule has 1 aliphatic rings. The van der Waals surface area contributed by atoms with Crippen molar-refractivity contribution in [2.75, 3.05) is 20.3 Å². The Morgan fingerprint density at radius 2 is 2.06 bits per heavy atom. The van der Waals surface area contributed by atoms with Crippen molar-refractivity contribution in [3.63, 3.8) is 0 Å². The number of rotatable bonds is 6. The van der Waals surface area contributed by atoms with Gasteiger partial charge in [0, 0.05) is 19.6 Å². The van der Waals surface area contributed by atoms with E-state index < -0.39 is 0 Å². The number of methoxy groups -OCH3 is 1. The fraction of sp³-hybridized carbons (Fsp3) is 0.571. The Morgan fingerprint density at radius 3 is 2.72 bits per heavy atom. The fourth-order valence-corrected chi connectivity index (χ4v) is 2.08. The summed E-state index contributed by atoms with van der Waals surface area (Å²) >= 11 is 0. The zero-order chi connectivity index (χ0) is 13.0. The molecule has 1 aromatic carbocycles. The number of aryl methyl sites for hydroxylation is 1. The van der Waals surface area contributed by atoms with Crippen molar-refractivity contribution in [3.8, 4) is 5.75 Å². The van der Waals surface area contributed by atoms with Crippen LogP contribution in [0.1, 0.15) is 12.0 Å². The average molecular weight is 251 g/mol. The lowest BCUT2D eigenvalue weighted by Gasteiger charge is -2.42. The van der Waals surface area contributed by atoms with Gasteiger partial charge < -0.3 is 19.9 Å². The summed E-state index contributed by atoms with van der Waals surface area (Å²) in [6.45, 7) is 3.18. The van der Waals surface area contributed by atoms with E-state index in [1.807, 2.05) is 31.2 Å². The monoisotopic (exact) mass is 251 g/mol. The maximum Gasteiger partial charge on any atom is 0.128 e. The lowest BCUT2D eigenvalue weighted by atomic mass is 9.86. The standard InChI is InChI=1S/C14H21NO3/c1-10-5-3-4-6-12(10)18-13-9-11(15)14(13)17-8-7-16-2/h3-6,11,13-14H,7-9,15H2,1-2H3. The highest BCUT2D eigenvalue weighted by Gasteiger charge is 2.41. The van der Waals surface area contributed by atoms with Gasteiger partial charge in [0.25, 0.3) is 0 Å². The Morgan fingerprint density at radius 1 is 1.28 bits per heavy atom. The van der Waals surface area contributed by atoms with Gasteiger partial charge in [-0.15, -0.1) is 0 Å². The lowest BCUT2D eigenvalue weighted by Crippen LogP contribution is -2.59. The quantitative estimate of drug-likeness (QED) is 0.779. The Hall–Kier alpha value is -1.10. The SMILES string of the molecule is COCCOC1C(N)CC1Oc1ccccc1C. The predicted octanol–water partition coefficient (Wildman–Crippen LogP) is 1.51. The Balaban J connectivity index is 1.88. The molecule has 4 nitrogen and oxygen atoms in total. The van der Waals surface area contributed by atoms with Gasteiger partial charge in [0.1, 0.15) is 18.0 Å². The van der Waals surface area contributed by atoms with Gasteiger partial charge in [0.05, 0.1) is 13.2 Å². The first-order valence-electron chi connectivity index (χ1n) is 6.30. The molecule has 2 N–H and O–H groups in total. The van der Waals surface area contributed by atoms with Crippen molar-refractivity contribution in [1.82, 2.24) is 0 Å². The van der Waals surface area contributed by atoms with E-state index in [2.05, 4.69) is 0 Å². The van der Waals surface area contributed by atoms with E-state index in [4.69, 9.17) is 19.9 Å². The van der Waals surface area contributed by atoms with Crippen LogP contribution in [0.2, 0.25) is 0 Å². The highest BCUT2D eigenvalue weighted by molar-refractivity contribution is 5.32. The van der Waals surface area contributed by atoms with Crippen LogP contribution >= 0.6 is 0 Å². The zero-order valence-electron chi connectivity index (χ0n) is 11.0. The minimum atomic E-state index is -0.0280.